The molecule has 2 atom stereocenters. The van der Waals surface area contributed by atoms with Crippen LogP contribution in [-0.2, 0) is 4.79 Å². The molecule has 3 nitrogen and oxygen atoms in total. The molecular weight excluding hydrogens is 166 g/mol. The molecule has 2 unspecified atom stereocenters. The molecular formula is C10H11NO2. The number of rotatable bonds is 1. The highest BCUT2D eigenvalue weighted by atomic mass is 16.4. The lowest BCUT2D eigenvalue weighted by atomic mass is 9.94. The van der Waals surface area contributed by atoms with Gasteiger partial charge in [0.05, 0.1) is 11.6 Å². The van der Waals surface area contributed by atoms with Gasteiger partial charge in [0.1, 0.15) is 0 Å². The Hall–Kier alpha value is -1.51. The van der Waals surface area contributed by atoms with E-state index in [0.717, 1.165) is 5.70 Å². The zero-order valence-corrected chi connectivity index (χ0v) is 7.32. The molecule has 1 aliphatic carbocycles. The van der Waals surface area contributed by atoms with Gasteiger partial charge in [0, 0.05) is 11.6 Å². The Kier molecular flexibility index (Phi) is 1.72. The summed E-state index contributed by atoms with van der Waals surface area (Å²) in [6.45, 7) is 1.99. The molecule has 2 rings (SSSR count). The van der Waals surface area contributed by atoms with E-state index < -0.39 is 5.97 Å². The summed E-state index contributed by atoms with van der Waals surface area (Å²) in [7, 11) is 0. The molecule has 0 bridgehead atoms. The summed E-state index contributed by atoms with van der Waals surface area (Å²) >= 11 is 0. The zero-order chi connectivity index (χ0) is 9.42. The van der Waals surface area contributed by atoms with Gasteiger partial charge in [-0.25, -0.2) is 4.79 Å². The van der Waals surface area contributed by atoms with Gasteiger partial charge in [0.25, 0.3) is 0 Å². The fourth-order valence-electron chi connectivity index (χ4n) is 1.73. The van der Waals surface area contributed by atoms with Crippen LogP contribution in [-0.4, -0.2) is 17.1 Å². The Balaban J connectivity index is 2.23. The van der Waals surface area contributed by atoms with E-state index in [1.54, 1.807) is 12.2 Å². The topological polar surface area (TPSA) is 49.3 Å². The molecule has 0 saturated heterocycles. The number of aliphatic carboxylic acids is 1. The number of carboxylic acid groups (broad SMARTS) is 1. The molecule has 0 aromatic carbocycles. The van der Waals surface area contributed by atoms with Gasteiger partial charge in [-0.3, -0.25) is 0 Å². The number of fused-ring (bicyclic) bond motifs is 1. The number of nitrogens with one attached hydrogen (secondary N) is 1. The van der Waals surface area contributed by atoms with E-state index in [1.165, 1.54) is 0 Å². The Bertz CT molecular complexity index is 339. The molecule has 2 aliphatic rings. The summed E-state index contributed by atoms with van der Waals surface area (Å²) in [5, 5.41) is 12.0. The lowest BCUT2D eigenvalue weighted by molar-refractivity contribution is -0.132. The van der Waals surface area contributed by atoms with Gasteiger partial charge in [-0.05, 0) is 13.0 Å². The van der Waals surface area contributed by atoms with Crippen molar-refractivity contribution in [3.63, 3.8) is 0 Å². The third kappa shape index (κ3) is 1.37. The Labute approximate surface area is 76.4 Å². The summed E-state index contributed by atoms with van der Waals surface area (Å²) in [5.74, 6) is -0.538. The number of carbonyl (C=O) groups is 1. The predicted molar refractivity (Wildman–Crippen MR) is 49.0 cm³/mol. The van der Waals surface area contributed by atoms with Crippen LogP contribution in [0.15, 0.2) is 35.6 Å². The smallest absolute Gasteiger partial charge is 0.335 e. The summed E-state index contributed by atoms with van der Waals surface area (Å²) < 4.78 is 0. The minimum Gasteiger partial charge on any atom is -0.478 e. The fourth-order valence-corrected chi connectivity index (χ4v) is 1.73. The second-order valence-corrected chi connectivity index (χ2v) is 3.38. The number of hydrogen-bond acceptors (Lipinski definition) is 2. The normalized spacial score (nSPS) is 30.2. The highest BCUT2D eigenvalue weighted by Gasteiger charge is 2.25. The molecule has 13 heavy (non-hydrogen) atoms. The van der Waals surface area contributed by atoms with Gasteiger partial charge in [0.15, 0.2) is 0 Å². The van der Waals surface area contributed by atoms with Gasteiger partial charge < -0.3 is 10.4 Å². The van der Waals surface area contributed by atoms with Crippen molar-refractivity contribution in [1.82, 2.24) is 5.32 Å². The van der Waals surface area contributed by atoms with Gasteiger partial charge in [-0.1, -0.05) is 18.2 Å². The first kappa shape index (κ1) is 8.10. The van der Waals surface area contributed by atoms with E-state index in [9.17, 15) is 4.79 Å². The summed E-state index contributed by atoms with van der Waals surface area (Å²) in [5.41, 5.74) is 1.49. The van der Waals surface area contributed by atoms with Crippen LogP contribution in [0.2, 0.25) is 0 Å². The van der Waals surface area contributed by atoms with Gasteiger partial charge >= 0.3 is 5.97 Å². The second-order valence-electron chi connectivity index (χ2n) is 3.38. The maximum absolute atomic E-state index is 10.7. The minimum atomic E-state index is -0.860. The highest BCUT2D eigenvalue weighted by molar-refractivity contribution is 5.90. The van der Waals surface area contributed by atoms with E-state index >= 15 is 0 Å². The Morgan fingerprint density at radius 2 is 2.31 bits per heavy atom. The van der Waals surface area contributed by atoms with Crippen molar-refractivity contribution in [2.45, 2.75) is 13.0 Å². The average molecular weight is 177 g/mol. The molecule has 0 fully saturated rings. The van der Waals surface area contributed by atoms with E-state index in [1.807, 2.05) is 13.0 Å². The SMILES string of the molecule is CC1=CC2C=CC(C(=O)O)=CC2N1. The quantitative estimate of drug-likeness (QED) is 0.629. The summed E-state index contributed by atoms with van der Waals surface area (Å²) in [6.07, 6.45) is 7.47. The maximum atomic E-state index is 10.7. The van der Waals surface area contributed by atoms with E-state index in [0.29, 0.717) is 11.5 Å². The van der Waals surface area contributed by atoms with Crippen molar-refractivity contribution in [3.8, 4) is 0 Å². The second kappa shape index (κ2) is 2.76. The Morgan fingerprint density at radius 1 is 1.54 bits per heavy atom. The lowest BCUT2D eigenvalue weighted by Gasteiger charge is -2.17. The molecule has 1 aliphatic heterocycles. The lowest BCUT2D eigenvalue weighted by Crippen LogP contribution is -2.27. The molecule has 68 valence electrons. The first-order chi connectivity index (χ1) is 6.16. The van der Waals surface area contributed by atoms with Crippen LogP contribution in [0.4, 0.5) is 0 Å². The van der Waals surface area contributed by atoms with Crippen LogP contribution in [0.5, 0.6) is 0 Å². The van der Waals surface area contributed by atoms with Gasteiger partial charge in [0.2, 0.25) is 0 Å². The molecule has 3 heteroatoms. The molecule has 0 saturated carbocycles. The summed E-state index contributed by atoms with van der Waals surface area (Å²) in [4.78, 5) is 10.7. The number of hydrogen-bond donors (Lipinski definition) is 2. The third-order valence-electron chi connectivity index (χ3n) is 2.36. The fraction of sp³-hybridized carbons (Fsp3) is 0.300. The standard InChI is InChI=1S/C10H11NO2/c1-6-4-7-2-3-8(10(12)13)5-9(7)11-6/h2-5,7,9,11H,1H3,(H,12,13). The summed E-state index contributed by atoms with van der Waals surface area (Å²) in [6, 6.07) is 0.135. The van der Waals surface area contributed by atoms with Crippen LogP contribution >= 0.6 is 0 Å². The van der Waals surface area contributed by atoms with Crippen molar-refractivity contribution in [1.29, 1.82) is 0 Å². The van der Waals surface area contributed by atoms with Crippen LogP contribution in [0, 0.1) is 5.92 Å². The average Bonchev–Trinajstić information content (AvgIpc) is 2.42. The predicted octanol–water partition coefficient (Wildman–Crippen LogP) is 1.06. The van der Waals surface area contributed by atoms with E-state index in [-0.39, 0.29) is 6.04 Å². The van der Waals surface area contributed by atoms with Crippen molar-refractivity contribution in [2.24, 2.45) is 5.92 Å². The van der Waals surface area contributed by atoms with Crippen molar-refractivity contribution in [3.05, 3.63) is 35.6 Å². The molecule has 0 aromatic heterocycles. The monoisotopic (exact) mass is 177 g/mol. The van der Waals surface area contributed by atoms with Crippen molar-refractivity contribution < 1.29 is 9.90 Å². The van der Waals surface area contributed by atoms with Gasteiger partial charge in [-0.2, -0.15) is 0 Å². The van der Waals surface area contributed by atoms with Crippen molar-refractivity contribution >= 4 is 5.97 Å². The van der Waals surface area contributed by atoms with Gasteiger partial charge in [-0.15, -0.1) is 0 Å². The van der Waals surface area contributed by atoms with Crippen LogP contribution < -0.4 is 5.32 Å². The van der Waals surface area contributed by atoms with E-state index in [2.05, 4.69) is 11.4 Å². The first-order valence-corrected chi connectivity index (χ1v) is 4.25. The molecule has 0 aromatic rings. The highest BCUT2D eigenvalue weighted by Crippen LogP contribution is 2.24. The zero-order valence-electron chi connectivity index (χ0n) is 7.32. The Morgan fingerprint density at radius 3 is 3.00 bits per heavy atom. The van der Waals surface area contributed by atoms with Crippen molar-refractivity contribution in [2.75, 3.05) is 0 Å². The van der Waals surface area contributed by atoms with Crippen LogP contribution in [0.1, 0.15) is 6.92 Å². The number of carboxylic acids is 1. The first-order valence-electron chi connectivity index (χ1n) is 4.25. The largest absolute Gasteiger partial charge is 0.478 e. The molecule has 1 heterocycles. The van der Waals surface area contributed by atoms with Crippen LogP contribution in [0.3, 0.4) is 0 Å². The number of allylic oxidation sites excluding steroid dienone is 1. The minimum absolute atomic E-state index is 0.135. The van der Waals surface area contributed by atoms with Crippen LogP contribution in [0.25, 0.3) is 0 Å². The molecule has 0 amide bonds. The molecule has 0 spiro atoms. The molecule has 0 radical (unpaired) electrons. The van der Waals surface area contributed by atoms with E-state index in [4.69, 9.17) is 5.11 Å². The third-order valence-corrected chi connectivity index (χ3v) is 2.36. The molecule has 2 N–H and O–H groups in total. The maximum Gasteiger partial charge on any atom is 0.335 e.